The zero-order valence-corrected chi connectivity index (χ0v) is 8.90. The maximum atomic E-state index is 10.4. The average molecular weight is 231 g/mol. The molecule has 1 heterocycles. The van der Waals surface area contributed by atoms with Gasteiger partial charge in [-0.3, -0.25) is 4.98 Å². The molecule has 6 heteroatoms. The van der Waals surface area contributed by atoms with Crippen molar-refractivity contribution >= 4 is 17.7 Å². The van der Waals surface area contributed by atoms with Gasteiger partial charge in [0.2, 0.25) is 0 Å². The number of pyridine rings is 1. The van der Waals surface area contributed by atoms with Gasteiger partial charge >= 0.3 is 6.09 Å². The first-order valence-electron chi connectivity index (χ1n) is 4.27. The van der Waals surface area contributed by atoms with Crippen LogP contribution in [0.4, 0.5) is 4.79 Å². The lowest BCUT2D eigenvalue weighted by Gasteiger charge is -2.12. The Labute approximate surface area is 92.1 Å². The van der Waals surface area contributed by atoms with Gasteiger partial charge < -0.3 is 15.2 Å². The molecule has 2 N–H and O–H groups in total. The Balaban J connectivity index is 2.40. The van der Waals surface area contributed by atoms with Crippen LogP contribution in [0.1, 0.15) is 6.92 Å². The molecule has 0 aliphatic heterocycles. The molecule has 0 aliphatic rings. The van der Waals surface area contributed by atoms with Crippen LogP contribution in [0, 0.1) is 0 Å². The zero-order chi connectivity index (χ0) is 11.3. The lowest BCUT2D eigenvalue weighted by molar-refractivity contribution is 0.0822. The molecule has 0 radical (unpaired) electrons. The number of carbonyl (C=O) groups excluding carboxylic acids is 1. The van der Waals surface area contributed by atoms with Crippen LogP contribution in [-0.4, -0.2) is 23.8 Å². The van der Waals surface area contributed by atoms with E-state index in [4.69, 9.17) is 22.1 Å². The molecule has 0 unspecified atom stereocenters. The van der Waals surface area contributed by atoms with E-state index >= 15 is 0 Å². The summed E-state index contributed by atoms with van der Waals surface area (Å²) in [5, 5.41) is 0.482. The monoisotopic (exact) mass is 230 g/mol. The van der Waals surface area contributed by atoms with Crippen molar-refractivity contribution in [2.24, 2.45) is 5.73 Å². The maximum Gasteiger partial charge on any atom is 0.404 e. The van der Waals surface area contributed by atoms with Crippen molar-refractivity contribution in [2.45, 2.75) is 13.0 Å². The Morgan fingerprint density at radius 2 is 2.40 bits per heavy atom. The minimum absolute atomic E-state index is 0.199. The Hall–Kier alpha value is -1.49. The molecule has 1 amide bonds. The van der Waals surface area contributed by atoms with E-state index in [2.05, 4.69) is 9.72 Å². The number of hydrogen-bond acceptors (Lipinski definition) is 4. The van der Waals surface area contributed by atoms with Crippen molar-refractivity contribution in [3.05, 3.63) is 23.5 Å². The SMILES string of the molecule is C[C@@H](COc1cncc(Cl)c1)OC(N)=O. The van der Waals surface area contributed by atoms with Crippen LogP contribution in [0.15, 0.2) is 18.5 Å². The second kappa shape index (κ2) is 5.41. The van der Waals surface area contributed by atoms with Crippen LogP contribution in [0.25, 0.3) is 0 Å². The second-order valence-electron chi connectivity index (χ2n) is 2.90. The van der Waals surface area contributed by atoms with Crippen molar-refractivity contribution < 1.29 is 14.3 Å². The summed E-state index contributed by atoms with van der Waals surface area (Å²) >= 11 is 5.70. The van der Waals surface area contributed by atoms with Crippen LogP contribution >= 0.6 is 11.6 Å². The van der Waals surface area contributed by atoms with E-state index in [1.54, 1.807) is 13.0 Å². The highest BCUT2D eigenvalue weighted by Crippen LogP contribution is 2.15. The molecular weight excluding hydrogens is 220 g/mol. The number of amides is 1. The van der Waals surface area contributed by atoms with Gasteiger partial charge in [-0.25, -0.2) is 4.79 Å². The quantitative estimate of drug-likeness (QED) is 0.853. The van der Waals surface area contributed by atoms with Crippen LogP contribution in [0.5, 0.6) is 5.75 Å². The lowest BCUT2D eigenvalue weighted by atomic mass is 10.4. The number of carbonyl (C=O) groups is 1. The fraction of sp³-hybridized carbons (Fsp3) is 0.333. The smallest absolute Gasteiger partial charge is 0.404 e. The fourth-order valence-electron chi connectivity index (χ4n) is 0.917. The Morgan fingerprint density at radius 3 is 3.00 bits per heavy atom. The van der Waals surface area contributed by atoms with Crippen molar-refractivity contribution in [1.29, 1.82) is 0 Å². The van der Waals surface area contributed by atoms with E-state index in [1.807, 2.05) is 0 Å². The minimum Gasteiger partial charge on any atom is -0.488 e. The standard InChI is InChI=1S/C9H11ClN2O3/c1-6(15-9(11)13)5-14-8-2-7(10)3-12-4-8/h2-4,6H,5H2,1H3,(H2,11,13)/t6-/m0/s1. The number of nitrogens with two attached hydrogens (primary N) is 1. The van der Waals surface area contributed by atoms with E-state index < -0.39 is 12.2 Å². The number of aromatic nitrogens is 1. The van der Waals surface area contributed by atoms with E-state index in [1.165, 1.54) is 12.4 Å². The van der Waals surface area contributed by atoms with Crippen molar-refractivity contribution in [3.8, 4) is 5.75 Å². The van der Waals surface area contributed by atoms with Gasteiger partial charge in [0, 0.05) is 12.3 Å². The minimum atomic E-state index is -0.824. The van der Waals surface area contributed by atoms with Crippen LogP contribution in [0.2, 0.25) is 5.02 Å². The summed E-state index contributed by atoms with van der Waals surface area (Å²) in [6.45, 7) is 1.87. The summed E-state index contributed by atoms with van der Waals surface area (Å²) in [4.78, 5) is 14.2. The maximum absolute atomic E-state index is 10.4. The molecule has 0 aromatic carbocycles. The van der Waals surface area contributed by atoms with Crippen molar-refractivity contribution in [2.75, 3.05) is 6.61 Å². The number of hydrogen-bond donors (Lipinski definition) is 1. The first-order valence-corrected chi connectivity index (χ1v) is 4.65. The lowest BCUT2D eigenvalue weighted by Crippen LogP contribution is -2.25. The zero-order valence-electron chi connectivity index (χ0n) is 8.14. The summed E-state index contributed by atoms with van der Waals surface area (Å²) in [5.74, 6) is 0.516. The molecule has 0 saturated carbocycles. The molecular formula is C9H11ClN2O3. The summed E-state index contributed by atoms with van der Waals surface area (Å²) in [6, 6.07) is 1.62. The molecule has 0 saturated heterocycles. The largest absolute Gasteiger partial charge is 0.488 e. The van der Waals surface area contributed by atoms with E-state index in [0.29, 0.717) is 10.8 Å². The van der Waals surface area contributed by atoms with E-state index in [-0.39, 0.29) is 6.61 Å². The molecule has 15 heavy (non-hydrogen) atoms. The number of halogens is 1. The number of primary amides is 1. The van der Waals surface area contributed by atoms with Crippen LogP contribution < -0.4 is 10.5 Å². The summed E-state index contributed by atoms with van der Waals surface area (Å²) in [6.07, 6.45) is 1.78. The highest BCUT2D eigenvalue weighted by Gasteiger charge is 2.06. The third-order valence-corrected chi connectivity index (χ3v) is 1.69. The van der Waals surface area contributed by atoms with Gasteiger partial charge in [0.1, 0.15) is 18.5 Å². The molecule has 0 spiro atoms. The third kappa shape index (κ3) is 4.51. The summed E-state index contributed by atoms with van der Waals surface area (Å²) in [5.41, 5.74) is 4.84. The number of ether oxygens (including phenoxy) is 2. The van der Waals surface area contributed by atoms with Gasteiger partial charge in [-0.05, 0) is 6.92 Å². The topological polar surface area (TPSA) is 74.4 Å². The molecule has 1 rings (SSSR count). The Kier molecular flexibility index (Phi) is 4.17. The molecule has 1 atom stereocenters. The highest BCUT2D eigenvalue weighted by atomic mass is 35.5. The van der Waals surface area contributed by atoms with Gasteiger partial charge in [0.05, 0.1) is 11.2 Å². The average Bonchev–Trinajstić information content (AvgIpc) is 2.14. The Bertz CT molecular complexity index is 346. The van der Waals surface area contributed by atoms with Gasteiger partial charge in [0.25, 0.3) is 0 Å². The first kappa shape index (κ1) is 11.6. The highest BCUT2D eigenvalue weighted by molar-refractivity contribution is 6.30. The second-order valence-corrected chi connectivity index (χ2v) is 3.33. The fourth-order valence-corrected chi connectivity index (χ4v) is 1.08. The normalized spacial score (nSPS) is 11.9. The first-order chi connectivity index (χ1) is 7.08. The summed E-state index contributed by atoms with van der Waals surface area (Å²) in [7, 11) is 0. The van der Waals surface area contributed by atoms with Gasteiger partial charge in [-0.15, -0.1) is 0 Å². The van der Waals surface area contributed by atoms with Gasteiger partial charge in [0.15, 0.2) is 0 Å². The van der Waals surface area contributed by atoms with E-state index in [0.717, 1.165) is 0 Å². The van der Waals surface area contributed by atoms with Crippen molar-refractivity contribution in [1.82, 2.24) is 4.98 Å². The van der Waals surface area contributed by atoms with Crippen LogP contribution in [0.3, 0.4) is 0 Å². The predicted octanol–water partition coefficient (Wildman–Crippen LogP) is 1.60. The van der Waals surface area contributed by atoms with Crippen LogP contribution in [-0.2, 0) is 4.74 Å². The molecule has 0 bridgehead atoms. The van der Waals surface area contributed by atoms with Crippen molar-refractivity contribution in [3.63, 3.8) is 0 Å². The molecule has 5 nitrogen and oxygen atoms in total. The molecule has 0 aliphatic carbocycles. The van der Waals surface area contributed by atoms with Gasteiger partial charge in [-0.2, -0.15) is 0 Å². The predicted molar refractivity (Wildman–Crippen MR) is 54.9 cm³/mol. The molecule has 0 fully saturated rings. The molecule has 82 valence electrons. The molecule has 1 aromatic heterocycles. The number of nitrogens with zero attached hydrogens (tertiary/aromatic N) is 1. The van der Waals surface area contributed by atoms with Gasteiger partial charge in [-0.1, -0.05) is 11.6 Å². The molecule has 1 aromatic rings. The number of rotatable bonds is 4. The summed E-state index contributed by atoms with van der Waals surface area (Å²) < 4.78 is 9.93. The third-order valence-electron chi connectivity index (χ3n) is 1.48. The van der Waals surface area contributed by atoms with E-state index in [9.17, 15) is 4.79 Å². The Morgan fingerprint density at radius 1 is 1.67 bits per heavy atom.